The molecule has 1 aliphatic heterocycles. The number of benzene rings is 1. The van der Waals surface area contributed by atoms with Gasteiger partial charge in [-0.3, -0.25) is 0 Å². The van der Waals surface area contributed by atoms with E-state index in [1.165, 1.54) is 12.0 Å². The molecule has 1 aromatic carbocycles. The SMILES string of the molecule is O=C1NC2CCC(c3cccc(-c4nnco4)c3Br)CC2N1. The fourth-order valence-electron chi connectivity index (χ4n) is 3.48. The minimum atomic E-state index is -0.0469. The molecule has 2 aromatic rings. The Balaban J connectivity index is 1.63. The van der Waals surface area contributed by atoms with Crippen molar-refractivity contribution in [1.29, 1.82) is 0 Å². The summed E-state index contributed by atoms with van der Waals surface area (Å²) in [6.07, 6.45) is 4.31. The Labute approximate surface area is 135 Å². The van der Waals surface area contributed by atoms with Gasteiger partial charge >= 0.3 is 6.03 Å². The second kappa shape index (κ2) is 5.39. The van der Waals surface area contributed by atoms with Crippen molar-refractivity contribution in [3.05, 3.63) is 34.6 Å². The molecule has 114 valence electrons. The number of carbonyl (C=O) groups excluding carboxylic acids is 1. The predicted molar refractivity (Wildman–Crippen MR) is 83.3 cm³/mol. The highest BCUT2D eigenvalue weighted by Gasteiger charge is 2.38. The number of hydrogen-bond acceptors (Lipinski definition) is 4. The van der Waals surface area contributed by atoms with Crippen molar-refractivity contribution in [2.45, 2.75) is 37.3 Å². The van der Waals surface area contributed by atoms with Crippen LogP contribution in [-0.2, 0) is 0 Å². The maximum Gasteiger partial charge on any atom is 0.315 e. The molecular weight excluding hydrogens is 348 g/mol. The lowest BCUT2D eigenvalue weighted by atomic mass is 9.79. The summed E-state index contributed by atoms with van der Waals surface area (Å²) in [7, 11) is 0. The number of fused-ring (bicyclic) bond motifs is 1. The van der Waals surface area contributed by atoms with E-state index in [9.17, 15) is 4.79 Å². The van der Waals surface area contributed by atoms with Crippen LogP contribution >= 0.6 is 15.9 Å². The van der Waals surface area contributed by atoms with Gasteiger partial charge in [-0.1, -0.05) is 12.1 Å². The molecule has 0 bridgehead atoms. The minimum absolute atomic E-state index is 0.0469. The van der Waals surface area contributed by atoms with Crippen LogP contribution in [0.25, 0.3) is 11.5 Å². The summed E-state index contributed by atoms with van der Waals surface area (Å²) in [6.45, 7) is 0. The van der Waals surface area contributed by atoms with Crippen LogP contribution in [0.5, 0.6) is 0 Å². The van der Waals surface area contributed by atoms with Gasteiger partial charge in [-0.05, 0) is 52.7 Å². The second-order valence-corrected chi connectivity index (χ2v) is 6.59. The third kappa shape index (κ3) is 2.29. The molecule has 6 nitrogen and oxygen atoms in total. The van der Waals surface area contributed by atoms with Gasteiger partial charge < -0.3 is 15.1 Å². The Bertz CT molecular complexity index is 704. The molecule has 1 aliphatic carbocycles. The molecule has 3 atom stereocenters. The number of carbonyl (C=O) groups is 1. The number of nitrogens with zero attached hydrogens (tertiary/aromatic N) is 2. The molecule has 3 unspecified atom stereocenters. The Kier molecular flexibility index (Phi) is 3.37. The highest BCUT2D eigenvalue weighted by Crippen LogP contribution is 2.40. The predicted octanol–water partition coefficient (Wildman–Crippen LogP) is 2.82. The van der Waals surface area contributed by atoms with E-state index in [0.29, 0.717) is 11.8 Å². The first-order chi connectivity index (χ1) is 10.7. The minimum Gasteiger partial charge on any atom is -0.423 e. The lowest BCUT2D eigenvalue weighted by Gasteiger charge is -2.31. The summed E-state index contributed by atoms with van der Waals surface area (Å²) >= 11 is 3.69. The largest absolute Gasteiger partial charge is 0.423 e. The molecule has 0 radical (unpaired) electrons. The Morgan fingerprint density at radius 1 is 1.23 bits per heavy atom. The van der Waals surface area contributed by atoms with E-state index in [2.05, 4.69) is 42.8 Å². The average molecular weight is 363 g/mol. The van der Waals surface area contributed by atoms with E-state index in [1.807, 2.05) is 12.1 Å². The van der Waals surface area contributed by atoms with Crippen molar-refractivity contribution in [3.8, 4) is 11.5 Å². The molecule has 2 heterocycles. The van der Waals surface area contributed by atoms with Gasteiger partial charge in [0.05, 0.1) is 17.6 Å². The Morgan fingerprint density at radius 2 is 2.09 bits per heavy atom. The standard InChI is InChI=1S/C15H15BrN4O2/c16-13-9(2-1-3-10(13)14-20-17-7-22-14)8-4-5-11-12(6-8)19-15(21)18-11/h1-3,7-8,11-12H,4-6H2,(H2,18,19,21). The summed E-state index contributed by atoms with van der Waals surface area (Å²) < 4.78 is 6.31. The van der Waals surface area contributed by atoms with Gasteiger partial charge in [0.2, 0.25) is 12.3 Å². The first kappa shape index (κ1) is 13.8. The van der Waals surface area contributed by atoms with Gasteiger partial charge in [0.25, 0.3) is 0 Å². The lowest BCUT2D eigenvalue weighted by molar-refractivity contribution is 0.247. The Hall–Kier alpha value is -1.89. The fourth-order valence-corrected chi connectivity index (χ4v) is 4.24. The fraction of sp³-hybridized carbons (Fsp3) is 0.400. The van der Waals surface area contributed by atoms with Crippen LogP contribution in [-0.4, -0.2) is 28.3 Å². The summed E-state index contributed by atoms with van der Waals surface area (Å²) in [6, 6.07) is 6.53. The van der Waals surface area contributed by atoms with E-state index < -0.39 is 0 Å². The van der Waals surface area contributed by atoms with Crippen molar-refractivity contribution >= 4 is 22.0 Å². The van der Waals surface area contributed by atoms with Gasteiger partial charge in [0, 0.05) is 4.47 Å². The average Bonchev–Trinajstić information content (AvgIpc) is 3.15. The highest BCUT2D eigenvalue weighted by molar-refractivity contribution is 9.10. The van der Waals surface area contributed by atoms with E-state index in [4.69, 9.17) is 4.42 Å². The van der Waals surface area contributed by atoms with Gasteiger partial charge in [-0.2, -0.15) is 0 Å². The van der Waals surface area contributed by atoms with Crippen LogP contribution in [0.2, 0.25) is 0 Å². The molecular formula is C15H15BrN4O2. The smallest absolute Gasteiger partial charge is 0.315 e. The molecule has 22 heavy (non-hydrogen) atoms. The zero-order valence-electron chi connectivity index (χ0n) is 11.8. The van der Waals surface area contributed by atoms with Crippen LogP contribution in [0.1, 0.15) is 30.7 Å². The topological polar surface area (TPSA) is 80.1 Å². The van der Waals surface area contributed by atoms with Crippen molar-refractivity contribution < 1.29 is 9.21 Å². The number of aromatic nitrogens is 2. The van der Waals surface area contributed by atoms with E-state index >= 15 is 0 Å². The summed E-state index contributed by atoms with van der Waals surface area (Å²) in [5.74, 6) is 0.914. The maximum absolute atomic E-state index is 11.5. The number of halogens is 1. The zero-order valence-corrected chi connectivity index (χ0v) is 13.3. The van der Waals surface area contributed by atoms with E-state index in [0.717, 1.165) is 29.3 Å². The quantitative estimate of drug-likeness (QED) is 0.860. The van der Waals surface area contributed by atoms with Crippen LogP contribution < -0.4 is 10.6 Å². The molecule has 0 spiro atoms. The van der Waals surface area contributed by atoms with E-state index in [-0.39, 0.29) is 18.1 Å². The third-order valence-corrected chi connectivity index (χ3v) is 5.43. The monoisotopic (exact) mass is 362 g/mol. The first-order valence-corrected chi connectivity index (χ1v) is 8.13. The molecule has 2 aliphatic rings. The van der Waals surface area contributed by atoms with Gasteiger partial charge in [-0.25, -0.2) is 4.79 Å². The van der Waals surface area contributed by atoms with Crippen molar-refractivity contribution in [2.24, 2.45) is 0 Å². The van der Waals surface area contributed by atoms with Crippen molar-refractivity contribution in [3.63, 3.8) is 0 Å². The number of rotatable bonds is 2. The summed E-state index contributed by atoms with van der Waals surface area (Å²) in [5, 5.41) is 13.7. The number of nitrogens with one attached hydrogen (secondary N) is 2. The van der Waals surface area contributed by atoms with Gasteiger partial charge in [0.15, 0.2) is 0 Å². The molecule has 1 saturated carbocycles. The van der Waals surface area contributed by atoms with Crippen LogP contribution in [0, 0.1) is 0 Å². The number of hydrogen-bond donors (Lipinski definition) is 2. The summed E-state index contributed by atoms with van der Waals surface area (Å²) in [4.78, 5) is 11.5. The number of amides is 2. The first-order valence-electron chi connectivity index (χ1n) is 7.34. The molecule has 7 heteroatoms. The summed E-state index contributed by atoms with van der Waals surface area (Å²) in [5.41, 5.74) is 2.14. The normalized spacial score (nSPS) is 27.1. The maximum atomic E-state index is 11.5. The second-order valence-electron chi connectivity index (χ2n) is 5.79. The molecule has 2 N–H and O–H groups in total. The van der Waals surface area contributed by atoms with Crippen LogP contribution in [0.4, 0.5) is 4.79 Å². The van der Waals surface area contributed by atoms with Crippen LogP contribution in [0.3, 0.4) is 0 Å². The molecule has 1 aromatic heterocycles. The molecule has 2 fully saturated rings. The Morgan fingerprint density at radius 3 is 2.91 bits per heavy atom. The highest BCUT2D eigenvalue weighted by atomic mass is 79.9. The number of urea groups is 1. The van der Waals surface area contributed by atoms with Crippen molar-refractivity contribution in [1.82, 2.24) is 20.8 Å². The van der Waals surface area contributed by atoms with Gasteiger partial charge in [-0.15, -0.1) is 10.2 Å². The molecule has 1 saturated heterocycles. The van der Waals surface area contributed by atoms with Gasteiger partial charge in [0.1, 0.15) is 0 Å². The third-order valence-electron chi connectivity index (χ3n) is 4.54. The van der Waals surface area contributed by atoms with Crippen molar-refractivity contribution in [2.75, 3.05) is 0 Å². The van der Waals surface area contributed by atoms with Crippen LogP contribution in [0.15, 0.2) is 33.5 Å². The lowest BCUT2D eigenvalue weighted by Crippen LogP contribution is -2.38. The van der Waals surface area contributed by atoms with E-state index in [1.54, 1.807) is 0 Å². The zero-order chi connectivity index (χ0) is 15.1. The molecule has 2 amide bonds. The molecule has 4 rings (SSSR count).